The zero-order valence-corrected chi connectivity index (χ0v) is 13.1. The van der Waals surface area contributed by atoms with E-state index in [2.05, 4.69) is 15.9 Å². The molecule has 0 atom stereocenters. The molecule has 1 heterocycles. The molecule has 1 aliphatic heterocycles. The summed E-state index contributed by atoms with van der Waals surface area (Å²) in [5, 5.41) is 0.534. The van der Waals surface area contributed by atoms with Crippen LogP contribution in [0.15, 0.2) is 23.1 Å². The Kier molecular flexibility index (Phi) is 4.81. The molecule has 1 aromatic carbocycles. The Morgan fingerprint density at radius 2 is 1.85 bits per heavy atom. The van der Waals surface area contributed by atoms with Crippen molar-refractivity contribution in [3.63, 3.8) is 0 Å². The maximum atomic E-state index is 13.2. The van der Waals surface area contributed by atoms with Crippen LogP contribution in [0.4, 0.5) is 8.78 Å². The minimum absolute atomic E-state index is 0.0975. The highest BCUT2D eigenvalue weighted by atomic mass is 79.9. The third-order valence-electron chi connectivity index (χ3n) is 3.58. The van der Waals surface area contributed by atoms with E-state index in [1.165, 1.54) is 0 Å². The van der Waals surface area contributed by atoms with Crippen molar-refractivity contribution in [2.24, 2.45) is 5.41 Å². The number of benzene rings is 1. The molecule has 0 aromatic heterocycles. The normalized spacial score (nSPS) is 18.9. The monoisotopic (exact) mass is 368 g/mol. The molecule has 0 saturated carbocycles. The summed E-state index contributed by atoms with van der Waals surface area (Å²) < 4.78 is 56.1. The smallest absolute Gasteiger partial charge is 0.179 e. The highest BCUT2D eigenvalue weighted by molar-refractivity contribution is 9.09. The van der Waals surface area contributed by atoms with Crippen molar-refractivity contribution >= 4 is 25.8 Å². The molecule has 1 aromatic rings. The maximum absolute atomic E-state index is 13.2. The molecule has 3 nitrogen and oxygen atoms in total. The molecule has 20 heavy (non-hydrogen) atoms. The molecule has 7 heteroatoms. The van der Waals surface area contributed by atoms with E-state index in [-0.39, 0.29) is 10.6 Å². The lowest BCUT2D eigenvalue weighted by atomic mass is 9.85. The molecule has 1 aliphatic rings. The van der Waals surface area contributed by atoms with E-state index >= 15 is 0 Å². The van der Waals surface area contributed by atoms with Gasteiger partial charge in [-0.15, -0.1) is 0 Å². The second-order valence-electron chi connectivity index (χ2n) is 5.08. The van der Waals surface area contributed by atoms with Gasteiger partial charge in [-0.1, -0.05) is 15.9 Å². The van der Waals surface area contributed by atoms with Crippen molar-refractivity contribution in [3.8, 4) is 0 Å². The van der Waals surface area contributed by atoms with E-state index in [0.717, 1.165) is 18.2 Å². The topological polar surface area (TPSA) is 43.4 Å². The fourth-order valence-corrected chi connectivity index (χ4v) is 5.22. The first-order chi connectivity index (χ1) is 9.38. The van der Waals surface area contributed by atoms with Gasteiger partial charge in [0.1, 0.15) is 0 Å². The lowest BCUT2D eigenvalue weighted by Gasteiger charge is -2.35. The SMILES string of the molecule is O=S(=O)(CC1(CBr)CCOCC1)c1ccc(F)c(F)c1. The van der Waals surface area contributed by atoms with Crippen molar-refractivity contribution in [2.75, 3.05) is 24.3 Å². The van der Waals surface area contributed by atoms with E-state index in [0.29, 0.717) is 31.4 Å². The molecular formula is C13H15BrF2O3S. The molecule has 0 unspecified atom stereocenters. The average molecular weight is 369 g/mol. The van der Waals surface area contributed by atoms with Crippen LogP contribution in [-0.4, -0.2) is 32.7 Å². The van der Waals surface area contributed by atoms with E-state index in [1.54, 1.807) is 0 Å². The second kappa shape index (κ2) is 6.07. The molecule has 0 bridgehead atoms. The van der Waals surface area contributed by atoms with Crippen LogP contribution in [0.3, 0.4) is 0 Å². The van der Waals surface area contributed by atoms with Crippen molar-refractivity contribution in [1.29, 1.82) is 0 Å². The predicted molar refractivity (Wildman–Crippen MR) is 74.7 cm³/mol. The highest BCUT2D eigenvalue weighted by Gasteiger charge is 2.37. The lowest BCUT2D eigenvalue weighted by molar-refractivity contribution is 0.0367. The van der Waals surface area contributed by atoms with Crippen LogP contribution in [0.2, 0.25) is 0 Å². The van der Waals surface area contributed by atoms with Gasteiger partial charge in [-0.3, -0.25) is 0 Å². The van der Waals surface area contributed by atoms with E-state index in [9.17, 15) is 17.2 Å². The van der Waals surface area contributed by atoms with Crippen LogP contribution in [0.25, 0.3) is 0 Å². The fourth-order valence-electron chi connectivity index (χ4n) is 2.28. The molecule has 1 fully saturated rings. The quantitative estimate of drug-likeness (QED) is 0.606. The van der Waals surface area contributed by atoms with Gasteiger partial charge in [-0.25, -0.2) is 17.2 Å². The highest BCUT2D eigenvalue weighted by Crippen LogP contribution is 2.35. The Morgan fingerprint density at radius 3 is 2.40 bits per heavy atom. The number of sulfone groups is 1. The standard InChI is InChI=1S/C13H15BrF2O3S/c14-8-13(3-5-19-6-4-13)9-20(17,18)10-1-2-11(15)12(16)7-10/h1-2,7H,3-6,8-9H2. The van der Waals surface area contributed by atoms with Gasteiger partial charge in [0, 0.05) is 18.5 Å². The summed E-state index contributed by atoms with van der Waals surface area (Å²) in [6, 6.07) is 2.69. The largest absolute Gasteiger partial charge is 0.381 e. The molecule has 0 amide bonds. The van der Waals surface area contributed by atoms with Gasteiger partial charge < -0.3 is 4.74 Å². The van der Waals surface area contributed by atoms with Crippen molar-refractivity contribution in [3.05, 3.63) is 29.8 Å². The summed E-state index contributed by atoms with van der Waals surface area (Å²) in [4.78, 5) is -0.178. The Balaban J connectivity index is 2.27. The van der Waals surface area contributed by atoms with Crippen molar-refractivity contribution in [1.82, 2.24) is 0 Å². The maximum Gasteiger partial charge on any atom is 0.179 e. The summed E-state index contributed by atoms with van der Waals surface area (Å²) >= 11 is 3.37. The molecular weight excluding hydrogens is 354 g/mol. The molecule has 2 rings (SSSR count). The van der Waals surface area contributed by atoms with Gasteiger partial charge in [-0.2, -0.15) is 0 Å². The lowest BCUT2D eigenvalue weighted by Crippen LogP contribution is -2.37. The number of halogens is 3. The Hall–Kier alpha value is -0.530. The van der Waals surface area contributed by atoms with Crippen molar-refractivity contribution in [2.45, 2.75) is 17.7 Å². The zero-order valence-electron chi connectivity index (χ0n) is 10.7. The van der Waals surface area contributed by atoms with Gasteiger partial charge in [-0.05, 0) is 36.5 Å². The number of ether oxygens (including phenoxy) is 1. The van der Waals surface area contributed by atoms with Gasteiger partial charge >= 0.3 is 0 Å². The second-order valence-corrected chi connectivity index (χ2v) is 7.63. The van der Waals surface area contributed by atoms with Gasteiger partial charge in [0.05, 0.1) is 10.6 Å². The first-order valence-electron chi connectivity index (χ1n) is 6.20. The fraction of sp³-hybridized carbons (Fsp3) is 0.538. The average Bonchev–Trinajstić information content (AvgIpc) is 2.42. The Labute approximate surface area is 125 Å². The summed E-state index contributed by atoms with van der Waals surface area (Å²) in [5.41, 5.74) is -0.415. The number of hydrogen-bond acceptors (Lipinski definition) is 3. The molecule has 0 radical (unpaired) electrons. The molecule has 0 N–H and O–H groups in total. The van der Waals surface area contributed by atoms with Crippen LogP contribution >= 0.6 is 15.9 Å². The summed E-state index contributed by atoms with van der Waals surface area (Å²) in [6.45, 7) is 1.03. The van der Waals surface area contributed by atoms with Gasteiger partial charge in [0.2, 0.25) is 0 Å². The first kappa shape index (κ1) is 15.9. The van der Waals surface area contributed by atoms with Crippen LogP contribution in [0.5, 0.6) is 0 Å². The Bertz CT molecular complexity index is 583. The Morgan fingerprint density at radius 1 is 1.20 bits per heavy atom. The first-order valence-corrected chi connectivity index (χ1v) is 8.97. The zero-order chi connectivity index (χ0) is 14.8. The van der Waals surface area contributed by atoms with Crippen LogP contribution < -0.4 is 0 Å². The molecule has 112 valence electrons. The minimum Gasteiger partial charge on any atom is -0.381 e. The third kappa shape index (κ3) is 3.38. The van der Waals surface area contributed by atoms with Gasteiger partial charge in [0.25, 0.3) is 0 Å². The van der Waals surface area contributed by atoms with Crippen LogP contribution in [0.1, 0.15) is 12.8 Å². The van der Waals surface area contributed by atoms with E-state index in [4.69, 9.17) is 4.74 Å². The summed E-state index contributed by atoms with van der Waals surface area (Å²) in [5.74, 6) is -2.30. The molecule has 1 saturated heterocycles. The summed E-state index contributed by atoms with van der Waals surface area (Å²) in [6.07, 6.45) is 1.25. The molecule has 0 aliphatic carbocycles. The van der Waals surface area contributed by atoms with Gasteiger partial charge in [0.15, 0.2) is 21.5 Å². The van der Waals surface area contributed by atoms with E-state index < -0.39 is 26.9 Å². The minimum atomic E-state index is -3.66. The predicted octanol–water partition coefficient (Wildman–Crippen LogP) is 2.93. The molecule has 0 spiro atoms. The van der Waals surface area contributed by atoms with Crippen molar-refractivity contribution < 1.29 is 21.9 Å². The number of alkyl halides is 1. The van der Waals surface area contributed by atoms with Crippen LogP contribution in [0, 0.1) is 17.0 Å². The third-order valence-corrected chi connectivity index (χ3v) is 6.74. The van der Waals surface area contributed by atoms with E-state index in [1.807, 2.05) is 0 Å². The number of hydrogen-bond donors (Lipinski definition) is 0. The van der Waals surface area contributed by atoms with Crippen LogP contribution in [-0.2, 0) is 14.6 Å². The summed E-state index contributed by atoms with van der Waals surface area (Å²) in [7, 11) is -3.66. The number of rotatable bonds is 4.